The average molecular weight is 269 g/mol. The van der Waals surface area contributed by atoms with E-state index in [0.29, 0.717) is 0 Å². The van der Waals surface area contributed by atoms with Crippen LogP contribution >= 0.6 is 0 Å². The highest BCUT2D eigenvalue weighted by molar-refractivity contribution is 7.79. The molecule has 16 heavy (non-hydrogen) atoms. The van der Waals surface area contributed by atoms with E-state index in [1.165, 1.54) is 0 Å². The van der Waals surface area contributed by atoms with E-state index in [2.05, 4.69) is 11.1 Å². The molecule has 0 bridgehead atoms. The quantitative estimate of drug-likeness (QED) is 0.381. The SMILES string of the molecule is C=N[SH](=O)=O.O=S(=O)(O)O.c1ccccc1. The van der Waals surface area contributed by atoms with Crippen molar-refractivity contribution in [1.82, 2.24) is 0 Å². The van der Waals surface area contributed by atoms with Crippen molar-refractivity contribution in [2.45, 2.75) is 0 Å². The molecular formula is C7H11NO6S2. The molecule has 0 fully saturated rings. The predicted octanol–water partition coefficient (Wildman–Crippen LogP) is 0.247. The van der Waals surface area contributed by atoms with Crippen LogP contribution in [0, 0.1) is 0 Å². The smallest absolute Gasteiger partial charge is 0.264 e. The topological polar surface area (TPSA) is 121 Å². The summed E-state index contributed by atoms with van der Waals surface area (Å²) in [4.78, 5) is 0. The van der Waals surface area contributed by atoms with E-state index in [0.717, 1.165) is 0 Å². The van der Waals surface area contributed by atoms with E-state index in [-0.39, 0.29) is 0 Å². The first-order valence-corrected chi connectivity index (χ1v) is 6.11. The lowest BCUT2D eigenvalue weighted by Crippen LogP contribution is -1.89. The van der Waals surface area contributed by atoms with Crippen LogP contribution in [0.5, 0.6) is 0 Å². The summed E-state index contributed by atoms with van der Waals surface area (Å²) < 4.78 is 52.5. The summed E-state index contributed by atoms with van der Waals surface area (Å²) in [5.41, 5.74) is 0. The van der Waals surface area contributed by atoms with Crippen LogP contribution in [-0.4, -0.2) is 32.7 Å². The first kappa shape index (κ1) is 17.1. The monoisotopic (exact) mass is 269 g/mol. The number of nitrogens with zero attached hydrogens (tertiary/aromatic N) is 1. The van der Waals surface area contributed by atoms with E-state index in [9.17, 15) is 8.42 Å². The van der Waals surface area contributed by atoms with Gasteiger partial charge in [0.15, 0.2) is 0 Å². The zero-order valence-corrected chi connectivity index (χ0v) is 9.71. The van der Waals surface area contributed by atoms with E-state index in [1.54, 1.807) is 0 Å². The van der Waals surface area contributed by atoms with Gasteiger partial charge >= 0.3 is 10.4 Å². The zero-order chi connectivity index (χ0) is 13.0. The molecule has 0 aliphatic rings. The largest absolute Gasteiger partial charge is 0.394 e. The van der Waals surface area contributed by atoms with Gasteiger partial charge in [-0.3, -0.25) is 9.11 Å². The Balaban J connectivity index is 0. The Morgan fingerprint density at radius 2 is 1.06 bits per heavy atom. The van der Waals surface area contributed by atoms with Crippen LogP contribution in [0.1, 0.15) is 0 Å². The van der Waals surface area contributed by atoms with Crippen LogP contribution in [0.15, 0.2) is 40.8 Å². The van der Waals surface area contributed by atoms with E-state index in [4.69, 9.17) is 17.5 Å². The van der Waals surface area contributed by atoms with E-state index < -0.39 is 21.3 Å². The minimum Gasteiger partial charge on any atom is -0.264 e. The number of rotatable bonds is 1. The molecule has 0 atom stereocenters. The number of benzene rings is 1. The second-order valence-corrected chi connectivity index (χ2v) is 3.64. The minimum atomic E-state index is -4.67. The van der Waals surface area contributed by atoms with Crippen molar-refractivity contribution in [1.29, 1.82) is 0 Å². The molecule has 0 amide bonds. The lowest BCUT2D eigenvalue weighted by Gasteiger charge is -1.69. The van der Waals surface area contributed by atoms with Crippen LogP contribution in [-0.2, 0) is 21.3 Å². The second-order valence-electron chi connectivity index (χ2n) is 1.98. The number of thiol groups is 1. The lowest BCUT2D eigenvalue weighted by molar-refractivity contribution is 0.381. The summed E-state index contributed by atoms with van der Waals surface area (Å²) in [6, 6.07) is 12.0. The first-order valence-electron chi connectivity index (χ1n) is 3.58. The predicted molar refractivity (Wildman–Crippen MR) is 60.5 cm³/mol. The molecule has 92 valence electrons. The van der Waals surface area contributed by atoms with Gasteiger partial charge in [0.1, 0.15) is 0 Å². The molecule has 7 nitrogen and oxygen atoms in total. The van der Waals surface area contributed by atoms with Gasteiger partial charge in [0.05, 0.1) is 0 Å². The summed E-state index contributed by atoms with van der Waals surface area (Å²) in [7, 11) is -7.25. The standard InChI is InChI=1S/C6H6.CH3NO2S.H2O4S/c1-2-4-6-5-3-1;1-2-5(3)4;1-5(2,3)4/h1-6H;5H,1H2;(H2,1,2,3,4). The first-order chi connectivity index (χ1) is 7.27. The molecule has 0 saturated carbocycles. The van der Waals surface area contributed by atoms with Crippen molar-refractivity contribution >= 4 is 28.0 Å². The molecule has 0 aliphatic heterocycles. The molecule has 0 radical (unpaired) electrons. The summed E-state index contributed by atoms with van der Waals surface area (Å²) in [6.07, 6.45) is 0. The van der Waals surface area contributed by atoms with Gasteiger partial charge in [-0.15, -0.1) is 0 Å². The summed E-state index contributed by atoms with van der Waals surface area (Å²) in [6.45, 7) is 2.71. The molecule has 1 aromatic carbocycles. The molecule has 1 aromatic rings. The maximum Gasteiger partial charge on any atom is 0.394 e. The van der Waals surface area contributed by atoms with Crippen LogP contribution in [0.2, 0.25) is 0 Å². The summed E-state index contributed by atoms with van der Waals surface area (Å²) in [5.74, 6) is 0. The van der Waals surface area contributed by atoms with Gasteiger partial charge in [-0.1, -0.05) is 36.4 Å². The minimum absolute atomic E-state index is 2.00. The second kappa shape index (κ2) is 10.2. The fraction of sp³-hybridized carbons (Fsp3) is 0. The van der Waals surface area contributed by atoms with Gasteiger partial charge in [0.2, 0.25) is 10.9 Å². The highest BCUT2D eigenvalue weighted by atomic mass is 32.3. The van der Waals surface area contributed by atoms with Crippen molar-refractivity contribution in [3.05, 3.63) is 36.4 Å². The van der Waals surface area contributed by atoms with Gasteiger partial charge in [0, 0.05) is 6.72 Å². The number of hydrogen-bond donors (Lipinski definition) is 3. The van der Waals surface area contributed by atoms with Crippen molar-refractivity contribution in [2.24, 2.45) is 4.40 Å². The Morgan fingerprint density at radius 3 is 1.12 bits per heavy atom. The normalized spacial score (nSPS) is 9.19. The van der Waals surface area contributed by atoms with Gasteiger partial charge < -0.3 is 0 Å². The van der Waals surface area contributed by atoms with Crippen molar-refractivity contribution < 1.29 is 25.9 Å². The third-order valence-corrected chi connectivity index (χ3v) is 1.01. The Kier molecular flexibility index (Phi) is 10.9. The Bertz CT molecular complexity index is 396. The number of hydrogen-bond acceptors (Lipinski definition) is 4. The lowest BCUT2D eigenvalue weighted by atomic mass is 10.4. The molecule has 0 unspecified atom stereocenters. The fourth-order valence-electron chi connectivity index (χ4n) is 0.385. The van der Waals surface area contributed by atoms with Crippen molar-refractivity contribution in [2.75, 3.05) is 0 Å². The Hall–Kier alpha value is -1.29. The highest BCUT2D eigenvalue weighted by Gasteiger charge is 1.84. The average Bonchev–Trinajstić information content (AvgIpc) is 2.19. The van der Waals surface area contributed by atoms with Crippen LogP contribution < -0.4 is 0 Å². The molecule has 0 aromatic heterocycles. The molecule has 0 spiro atoms. The molecule has 1 rings (SSSR count). The molecule has 2 N–H and O–H groups in total. The third kappa shape index (κ3) is 38.7. The molecule has 0 heterocycles. The maximum atomic E-state index is 9.18. The Labute approximate surface area is 95.1 Å². The van der Waals surface area contributed by atoms with Crippen LogP contribution in [0.4, 0.5) is 0 Å². The van der Waals surface area contributed by atoms with E-state index in [1.807, 2.05) is 36.4 Å². The highest BCUT2D eigenvalue weighted by Crippen LogP contribution is 1.79. The van der Waals surface area contributed by atoms with Crippen molar-refractivity contribution in [3.8, 4) is 0 Å². The Morgan fingerprint density at radius 1 is 0.938 bits per heavy atom. The fourth-order valence-corrected chi connectivity index (χ4v) is 0.385. The zero-order valence-electron chi connectivity index (χ0n) is 8.00. The summed E-state index contributed by atoms with van der Waals surface area (Å²) >= 11 is 0. The van der Waals surface area contributed by atoms with Gasteiger partial charge in [-0.25, -0.2) is 8.42 Å². The molecule has 0 aliphatic carbocycles. The molecule has 9 heteroatoms. The molecular weight excluding hydrogens is 258 g/mol. The van der Waals surface area contributed by atoms with E-state index >= 15 is 0 Å². The van der Waals surface area contributed by atoms with Gasteiger partial charge in [-0.05, 0) is 0 Å². The maximum absolute atomic E-state index is 9.18. The van der Waals surface area contributed by atoms with Crippen LogP contribution in [0.3, 0.4) is 0 Å². The third-order valence-electron chi connectivity index (χ3n) is 0.782. The van der Waals surface area contributed by atoms with Crippen LogP contribution in [0.25, 0.3) is 0 Å². The van der Waals surface area contributed by atoms with Gasteiger partial charge in [-0.2, -0.15) is 12.8 Å². The van der Waals surface area contributed by atoms with Gasteiger partial charge in [0.25, 0.3) is 0 Å². The summed E-state index contributed by atoms with van der Waals surface area (Å²) in [5, 5.41) is 0. The van der Waals surface area contributed by atoms with Crippen molar-refractivity contribution in [3.63, 3.8) is 0 Å². The molecule has 0 saturated heterocycles.